The van der Waals surface area contributed by atoms with Gasteiger partial charge in [-0.05, 0) is 33.6 Å². The number of aliphatic hydroxyl groups excluding tert-OH is 1. The van der Waals surface area contributed by atoms with Gasteiger partial charge in [0.1, 0.15) is 6.10 Å². The van der Waals surface area contributed by atoms with E-state index in [2.05, 4.69) is 20.8 Å². The molecule has 13 heavy (non-hydrogen) atoms. The molecule has 0 bridgehead atoms. The van der Waals surface area contributed by atoms with Gasteiger partial charge in [0.25, 0.3) is 0 Å². The summed E-state index contributed by atoms with van der Waals surface area (Å²) in [5, 5.41) is 8.87. The fraction of sp³-hybridized carbons (Fsp3) is 1.00. The summed E-state index contributed by atoms with van der Waals surface area (Å²) < 4.78 is 10.9. The summed E-state index contributed by atoms with van der Waals surface area (Å²) in [5.41, 5.74) is 0.0107. The molecule has 0 spiro atoms. The van der Waals surface area contributed by atoms with Crippen molar-refractivity contribution in [1.29, 1.82) is 0 Å². The van der Waals surface area contributed by atoms with Crippen molar-refractivity contribution in [2.45, 2.75) is 57.0 Å². The lowest BCUT2D eigenvalue weighted by Crippen LogP contribution is -2.14. The van der Waals surface area contributed by atoms with Gasteiger partial charge in [-0.3, -0.25) is 0 Å². The molecular formula is C10H18O3. The van der Waals surface area contributed by atoms with Crippen molar-refractivity contribution in [3.63, 3.8) is 0 Å². The molecule has 2 rings (SSSR count). The number of epoxide rings is 2. The predicted molar refractivity (Wildman–Crippen MR) is 48.5 cm³/mol. The molecule has 2 fully saturated rings. The minimum absolute atomic E-state index is 0.0642. The van der Waals surface area contributed by atoms with E-state index in [0.29, 0.717) is 6.10 Å². The van der Waals surface area contributed by atoms with Gasteiger partial charge in [-0.2, -0.15) is 0 Å². The van der Waals surface area contributed by atoms with Gasteiger partial charge in [-0.15, -0.1) is 0 Å². The van der Waals surface area contributed by atoms with Gasteiger partial charge in [0.2, 0.25) is 0 Å². The van der Waals surface area contributed by atoms with Crippen LogP contribution >= 0.6 is 0 Å². The molecule has 2 saturated heterocycles. The normalized spacial score (nSPS) is 46.2. The largest absolute Gasteiger partial charge is 0.394 e. The Morgan fingerprint density at radius 1 is 1.15 bits per heavy atom. The molecule has 0 aromatic carbocycles. The summed E-state index contributed by atoms with van der Waals surface area (Å²) in [5.74, 6) is 0. The maximum absolute atomic E-state index is 8.87. The summed E-state index contributed by atoms with van der Waals surface area (Å²) >= 11 is 0. The summed E-state index contributed by atoms with van der Waals surface area (Å²) in [6.45, 7) is 6.42. The van der Waals surface area contributed by atoms with Crippen molar-refractivity contribution in [3.8, 4) is 0 Å². The molecule has 76 valence electrons. The van der Waals surface area contributed by atoms with Crippen molar-refractivity contribution < 1.29 is 14.6 Å². The molecule has 3 nitrogen and oxygen atoms in total. The standard InChI is InChI=1S/C10H18O3/c1-9(2)7(12-9)4-5-10(3)8(6-11)13-10/h7-8,11H,4-6H2,1-3H3/t7?,8-,10-/m0/s1. The van der Waals surface area contributed by atoms with Crippen LogP contribution in [0.1, 0.15) is 33.6 Å². The minimum Gasteiger partial charge on any atom is -0.394 e. The van der Waals surface area contributed by atoms with E-state index in [1.807, 2.05) is 0 Å². The van der Waals surface area contributed by atoms with Crippen LogP contribution in [0.5, 0.6) is 0 Å². The van der Waals surface area contributed by atoms with Gasteiger partial charge in [0, 0.05) is 0 Å². The number of hydrogen-bond donors (Lipinski definition) is 1. The number of aliphatic hydroxyl groups is 1. The maximum Gasteiger partial charge on any atom is 0.110 e. The van der Waals surface area contributed by atoms with E-state index in [1.54, 1.807) is 0 Å². The van der Waals surface area contributed by atoms with E-state index in [9.17, 15) is 0 Å². The van der Waals surface area contributed by atoms with Crippen molar-refractivity contribution >= 4 is 0 Å². The average Bonchev–Trinajstić information content (AvgIpc) is 2.87. The van der Waals surface area contributed by atoms with Gasteiger partial charge >= 0.3 is 0 Å². The molecule has 2 aliphatic heterocycles. The van der Waals surface area contributed by atoms with Crippen molar-refractivity contribution in [3.05, 3.63) is 0 Å². The number of ether oxygens (including phenoxy) is 2. The van der Waals surface area contributed by atoms with E-state index >= 15 is 0 Å². The molecule has 3 atom stereocenters. The molecule has 0 aromatic rings. The maximum atomic E-state index is 8.87. The van der Waals surface area contributed by atoms with Gasteiger partial charge in [-0.25, -0.2) is 0 Å². The van der Waals surface area contributed by atoms with Crippen LogP contribution in [-0.4, -0.2) is 35.1 Å². The summed E-state index contributed by atoms with van der Waals surface area (Å²) in [6.07, 6.45) is 2.49. The second-order valence-corrected chi connectivity index (χ2v) is 4.85. The van der Waals surface area contributed by atoms with Crippen LogP contribution in [0, 0.1) is 0 Å². The first kappa shape index (κ1) is 9.44. The second kappa shape index (κ2) is 2.69. The quantitative estimate of drug-likeness (QED) is 0.668. The highest BCUT2D eigenvalue weighted by Gasteiger charge is 2.54. The SMILES string of the molecule is CC1(C)OC1CC[C@]1(C)O[C@H]1CO. The molecule has 0 amide bonds. The third kappa shape index (κ3) is 1.73. The van der Waals surface area contributed by atoms with E-state index in [4.69, 9.17) is 14.6 Å². The lowest BCUT2D eigenvalue weighted by molar-refractivity contribution is 0.233. The molecule has 0 radical (unpaired) electrons. The Bertz CT molecular complexity index is 214. The third-order valence-electron chi connectivity index (χ3n) is 3.27. The molecule has 3 heteroatoms. The van der Waals surface area contributed by atoms with Crippen LogP contribution in [-0.2, 0) is 9.47 Å². The molecule has 2 aliphatic rings. The monoisotopic (exact) mass is 186 g/mol. The lowest BCUT2D eigenvalue weighted by Gasteiger charge is -2.03. The van der Waals surface area contributed by atoms with Gasteiger partial charge in [-0.1, -0.05) is 0 Å². The Balaban J connectivity index is 1.70. The summed E-state index contributed by atoms with van der Waals surface area (Å²) in [6, 6.07) is 0. The zero-order valence-corrected chi connectivity index (χ0v) is 8.54. The highest BCUT2D eigenvalue weighted by atomic mass is 16.6. The molecule has 2 heterocycles. The molecular weight excluding hydrogens is 168 g/mol. The Hall–Kier alpha value is -0.120. The van der Waals surface area contributed by atoms with Crippen molar-refractivity contribution in [2.24, 2.45) is 0 Å². The first-order valence-corrected chi connectivity index (χ1v) is 4.94. The van der Waals surface area contributed by atoms with Crippen LogP contribution in [0.15, 0.2) is 0 Å². The Labute approximate surface area is 79.0 Å². The summed E-state index contributed by atoms with van der Waals surface area (Å²) in [4.78, 5) is 0. The molecule has 1 unspecified atom stereocenters. The summed E-state index contributed by atoms with van der Waals surface area (Å²) in [7, 11) is 0. The van der Waals surface area contributed by atoms with Gasteiger partial charge in [0.15, 0.2) is 0 Å². The molecule has 0 aliphatic carbocycles. The van der Waals surface area contributed by atoms with Gasteiger partial charge in [0.05, 0.1) is 23.9 Å². The first-order chi connectivity index (χ1) is 5.98. The first-order valence-electron chi connectivity index (χ1n) is 4.94. The Kier molecular flexibility index (Phi) is 1.95. The van der Waals surface area contributed by atoms with E-state index in [0.717, 1.165) is 12.8 Å². The fourth-order valence-electron chi connectivity index (χ4n) is 1.90. The molecule has 1 N–H and O–H groups in total. The second-order valence-electron chi connectivity index (χ2n) is 4.85. The highest BCUT2D eigenvalue weighted by molar-refractivity contribution is 5.02. The van der Waals surface area contributed by atoms with E-state index < -0.39 is 0 Å². The van der Waals surface area contributed by atoms with E-state index in [1.165, 1.54) is 0 Å². The zero-order chi connectivity index (χ0) is 9.69. The van der Waals surface area contributed by atoms with Crippen LogP contribution in [0.2, 0.25) is 0 Å². The third-order valence-corrected chi connectivity index (χ3v) is 3.27. The van der Waals surface area contributed by atoms with E-state index in [-0.39, 0.29) is 23.9 Å². The van der Waals surface area contributed by atoms with Crippen LogP contribution < -0.4 is 0 Å². The minimum atomic E-state index is -0.0726. The molecule has 0 aromatic heterocycles. The highest BCUT2D eigenvalue weighted by Crippen LogP contribution is 2.45. The van der Waals surface area contributed by atoms with Crippen molar-refractivity contribution in [1.82, 2.24) is 0 Å². The van der Waals surface area contributed by atoms with Gasteiger partial charge < -0.3 is 14.6 Å². The average molecular weight is 186 g/mol. The van der Waals surface area contributed by atoms with Crippen LogP contribution in [0.4, 0.5) is 0 Å². The smallest absolute Gasteiger partial charge is 0.110 e. The zero-order valence-electron chi connectivity index (χ0n) is 8.54. The number of rotatable bonds is 4. The topological polar surface area (TPSA) is 45.3 Å². The fourth-order valence-corrected chi connectivity index (χ4v) is 1.90. The lowest BCUT2D eigenvalue weighted by atomic mass is 9.97. The Morgan fingerprint density at radius 3 is 2.15 bits per heavy atom. The van der Waals surface area contributed by atoms with Crippen LogP contribution in [0.25, 0.3) is 0 Å². The Morgan fingerprint density at radius 2 is 1.77 bits per heavy atom. The van der Waals surface area contributed by atoms with Crippen molar-refractivity contribution in [2.75, 3.05) is 6.61 Å². The molecule has 0 saturated carbocycles. The van der Waals surface area contributed by atoms with Crippen LogP contribution in [0.3, 0.4) is 0 Å². The number of hydrogen-bond acceptors (Lipinski definition) is 3. The predicted octanol–water partition coefficient (Wildman–Crippen LogP) is 1.09.